The summed E-state index contributed by atoms with van der Waals surface area (Å²) in [6, 6.07) is 3.40. The van der Waals surface area contributed by atoms with E-state index in [9.17, 15) is 25.1 Å². The topological polar surface area (TPSA) is 110 Å². The molecule has 2 unspecified atom stereocenters. The van der Waals surface area contributed by atoms with Crippen molar-refractivity contribution >= 4 is 24.3 Å². The summed E-state index contributed by atoms with van der Waals surface area (Å²) < 4.78 is 4.53. The van der Waals surface area contributed by atoms with Crippen molar-refractivity contribution in [3.05, 3.63) is 39.4 Å². The van der Waals surface area contributed by atoms with Crippen LogP contribution in [-0.4, -0.2) is 40.1 Å². The summed E-state index contributed by atoms with van der Waals surface area (Å²) in [5, 5.41) is 30.5. The molecule has 1 aromatic rings. The van der Waals surface area contributed by atoms with Gasteiger partial charge in [0.15, 0.2) is 0 Å². The lowest BCUT2D eigenvalue weighted by Crippen LogP contribution is -2.21. The number of methoxy groups -OCH3 is 1. The van der Waals surface area contributed by atoms with E-state index in [1.165, 1.54) is 6.07 Å². The minimum Gasteiger partial charge on any atom is -0.465 e. The van der Waals surface area contributed by atoms with Gasteiger partial charge in [-0.2, -0.15) is 12.6 Å². The minimum atomic E-state index is -1.35. The molecule has 20 heavy (non-hydrogen) atoms. The number of ether oxygens (including phenoxy) is 1. The van der Waals surface area contributed by atoms with Gasteiger partial charge in [-0.3, -0.25) is 10.1 Å². The van der Waals surface area contributed by atoms with E-state index >= 15 is 0 Å². The van der Waals surface area contributed by atoms with E-state index in [4.69, 9.17) is 0 Å². The SMILES string of the molecule is COC(=O)c1cc([N+](=O)[O-])ccc1C(O)C(O)CCS. The van der Waals surface area contributed by atoms with Gasteiger partial charge >= 0.3 is 5.97 Å². The Labute approximate surface area is 120 Å². The molecule has 0 aromatic heterocycles. The van der Waals surface area contributed by atoms with Gasteiger partial charge in [0.1, 0.15) is 6.10 Å². The Hall–Kier alpha value is -1.64. The summed E-state index contributed by atoms with van der Waals surface area (Å²) >= 11 is 3.94. The molecule has 8 heteroatoms. The summed E-state index contributed by atoms with van der Waals surface area (Å²) in [4.78, 5) is 21.7. The second-order valence-electron chi connectivity index (χ2n) is 4.04. The maximum absolute atomic E-state index is 11.6. The fourth-order valence-electron chi connectivity index (χ4n) is 1.70. The van der Waals surface area contributed by atoms with E-state index in [-0.39, 0.29) is 23.2 Å². The first-order valence-corrected chi connectivity index (χ1v) is 6.39. The molecule has 0 aliphatic rings. The van der Waals surface area contributed by atoms with E-state index in [2.05, 4.69) is 17.4 Å². The number of thiol groups is 1. The van der Waals surface area contributed by atoms with Crippen molar-refractivity contribution in [1.29, 1.82) is 0 Å². The van der Waals surface area contributed by atoms with Crippen molar-refractivity contribution < 1.29 is 24.7 Å². The molecule has 0 saturated heterocycles. The predicted octanol–water partition coefficient (Wildman–Crippen LogP) is 1.10. The molecule has 0 heterocycles. The lowest BCUT2D eigenvalue weighted by Gasteiger charge is -2.19. The molecule has 1 rings (SSSR count). The van der Waals surface area contributed by atoms with Crippen molar-refractivity contribution in [3.63, 3.8) is 0 Å². The van der Waals surface area contributed by atoms with Crippen LogP contribution in [0.3, 0.4) is 0 Å². The molecule has 1 aromatic carbocycles. The summed E-state index contributed by atoms with van der Waals surface area (Å²) in [6.45, 7) is 0. The second-order valence-corrected chi connectivity index (χ2v) is 4.49. The van der Waals surface area contributed by atoms with Crippen LogP contribution in [0.5, 0.6) is 0 Å². The van der Waals surface area contributed by atoms with Crippen molar-refractivity contribution in [2.45, 2.75) is 18.6 Å². The predicted molar refractivity (Wildman–Crippen MR) is 73.9 cm³/mol. The number of carbonyl (C=O) groups excluding carboxylic acids is 1. The van der Waals surface area contributed by atoms with Crippen LogP contribution in [-0.2, 0) is 4.74 Å². The summed E-state index contributed by atoms with van der Waals surface area (Å²) in [7, 11) is 1.13. The van der Waals surface area contributed by atoms with Crippen molar-refractivity contribution in [3.8, 4) is 0 Å². The van der Waals surface area contributed by atoms with Gasteiger partial charge < -0.3 is 14.9 Å². The molecule has 0 radical (unpaired) electrons. The van der Waals surface area contributed by atoms with Crippen molar-refractivity contribution in [1.82, 2.24) is 0 Å². The Balaban J connectivity index is 3.24. The highest BCUT2D eigenvalue weighted by Gasteiger charge is 2.25. The number of non-ortho nitro benzene ring substituents is 1. The molecule has 0 aliphatic carbocycles. The first-order valence-electron chi connectivity index (χ1n) is 5.76. The molecule has 0 spiro atoms. The Morgan fingerprint density at radius 2 is 2.15 bits per heavy atom. The van der Waals surface area contributed by atoms with E-state index in [1.807, 2.05) is 0 Å². The fourth-order valence-corrected chi connectivity index (χ4v) is 1.96. The molecule has 7 nitrogen and oxygen atoms in total. The zero-order chi connectivity index (χ0) is 15.3. The van der Waals surface area contributed by atoms with Crippen molar-refractivity contribution in [2.75, 3.05) is 12.9 Å². The van der Waals surface area contributed by atoms with E-state index < -0.39 is 23.1 Å². The van der Waals surface area contributed by atoms with Crippen LogP contribution in [0.15, 0.2) is 18.2 Å². The van der Waals surface area contributed by atoms with Crippen LogP contribution < -0.4 is 0 Å². The number of nitrogens with zero attached hydrogens (tertiary/aromatic N) is 1. The number of carbonyl (C=O) groups is 1. The van der Waals surface area contributed by atoms with Crippen molar-refractivity contribution in [2.24, 2.45) is 0 Å². The number of nitro groups is 1. The molecular formula is C12H15NO6S. The number of aliphatic hydroxyl groups is 2. The quantitative estimate of drug-likeness (QED) is 0.314. The van der Waals surface area contributed by atoms with Crippen LogP contribution in [0.4, 0.5) is 5.69 Å². The first-order chi connectivity index (χ1) is 9.42. The lowest BCUT2D eigenvalue weighted by atomic mass is 9.97. The third-order valence-electron chi connectivity index (χ3n) is 2.76. The van der Waals surface area contributed by atoms with Crippen LogP contribution in [0.25, 0.3) is 0 Å². The third kappa shape index (κ3) is 3.69. The van der Waals surface area contributed by atoms with Gasteiger partial charge in [-0.05, 0) is 23.8 Å². The molecular weight excluding hydrogens is 286 g/mol. The fraction of sp³-hybridized carbons (Fsp3) is 0.417. The van der Waals surface area contributed by atoms with Gasteiger partial charge in [0, 0.05) is 12.1 Å². The molecule has 0 saturated carbocycles. The Morgan fingerprint density at radius 3 is 2.65 bits per heavy atom. The number of hydrogen-bond acceptors (Lipinski definition) is 7. The van der Waals surface area contributed by atoms with Gasteiger partial charge in [0.2, 0.25) is 0 Å². The van der Waals surface area contributed by atoms with Crippen LogP contribution >= 0.6 is 12.6 Å². The Kier molecular flexibility index (Phi) is 5.93. The first kappa shape index (κ1) is 16.4. The largest absolute Gasteiger partial charge is 0.465 e. The standard InChI is InChI=1S/C12H15NO6S/c1-19-12(16)9-6-7(13(17)18)2-3-8(9)11(15)10(14)4-5-20/h2-3,6,10-11,14-15,20H,4-5H2,1H3. The van der Waals surface area contributed by atoms with Crippen LogP contribution in [0.1, 0.15) is 28.4 Å². The summed E-state index contributed by atoms with van der Waals surface area (Å²) in [5.41, 5.74) is -0.366. The zero-order valence-corrected chi connectivity index (χ0v) is 11.6. The summed E-state index contributed by atoms with van der Waals surface area (Å²) in [5.74, 6) is -0.473. The molecule has 0 aliphatic heterocycles. The average Bonchev–Trinajstić information content (AvgIpc) is 2.45. The van der Waals surface area contributed by atoms with E-state index in [0.29, 0.717) is 5.75 Å². The highest BCUT2D eigenvalue weighted by molar-refractivity contribution is 7.80. The smallest absolute Gasteiger partial charge is 0.338 e. The van der Waals surface area contributed by atoms with Gasteiger partial charge in [0.05, 0.1) is 23.7 Å². The van der Waals surface area contributed by atoms with E-state index in [0.717, 1.165) is 19.2 Å². The highest BCUT2D eigenvalue weighted by Crippen LogP contribution is 2.27. The Morgan fingerprint density at radius 1 is 1.50 bits per heavy atom. The van der Waals surface area contributed by atoms with Gasteiger partial charge in [-0.1, -0.05) is 0 Å². The molecule has 0 fully saturated rings. The molecule has 2 atom stereocenters. The molecule has 2 N–H and O–H groups in total. The summed E-state index contributed by atoms with van der Waals surface area (Å²) in [6.07, 6.45) is -2.27. The van der Waals surface area contributed by atoms with Gasteiger partial charge in [0.25, 0.3) is 5.69 Å². The van der Waals surface area contributed by atoms with Crippen LogP contribution in [0, 0.1) is 10.1 Å². The number of benzene rings is 1. The van der Waals surface area contributed by atoms with E-state index in [1.54, 1.807) is 0 Å². The average molecular weight is 301 g/mol. The number of rotatable bonds is 6. The zero-order valence-electron chi connectivity index (χ0n) is 10.7. The number of esters is 1. The normalized spacial score (nSPS) is 13.6. The Bertz CT molecular complexity index is 507. The maximum Gasteiger partial charge on any atom is 0.338 e. The second kappa shape index (κ2) is 7.22. The highest BCUT2D eigenvalue weighted by atomic mass is 32.1. The lowest BCUT2D eigenvalue weighted by molar-refractivity contribution is -0.384. The minimum absolute atomic E-state index is 0.0803. The number of aliphatic hydroxyl groups excluding tert-OH is 2. The number of nitro benzene ring substituents is 1. The molecule has 0 bridgehead atoms. The van der Waals surface area contributed by atoms with Crippen LogP contribution in [0.2, 0.25) is 0 Å². The molecule has 0 amide bonds. The molecule has 110 valence electrons. The third-order valence-corrected chi connectivity index (χ3v) is 3.02. The maximum atomic E-state index is 11.6. The van der Waals surface area contributed by atoms with Gasteiger partial charge in [-0.15, -0.1) is 0 Å². The number of hydrogen-bond donors (Lipinski definition) is 3. The monoisotopic (exact) mass is 301 g/mol. The van der Waals surface area contributed by atoms with Gasteiger partial charge in [-0.25, -0.2) is 4.79 Å².